The van der Waals surface area contributed by atoms with Crippen molar-refractivity contribution in [3.05, 3.63) is 23.9 Å². The Labute approximate surface area is 101 Å². The third-order valence-electron chi connectivity index (χ3n) is 2.89. The van der Waals surface area contributed by atoms with Crippen molar-refractivity contribution in [2.45, 2.75) is 12.5 Å². The molecular formula is C12H17N3O2. The Bertz CT molecular complexity index is 403. The van der Waals surface area contributed by atoms with Gasteiger partial charge in [-0.05, 0) is 18.6 Å². The summed E-state index contributed by atoms with van der Waals surface area (Å²) in [5.74, 6) is 0.766. The molecule has 1 aliphatic heterocycles. The van der Waals surface area contributed by atoms with Crippen LogP contribution in [-0.4, -0.2) is 54.2 Å². The minimum absolute atomic E-state index is 0.0505. The number of hydrogen-bond acceptors (Lipinski definition) is 4. The zero-order valence-electron chi connectivity index (χ0n) is 10.1. The number of aliphatic hydroxyl groups excluding tert-OH is 1. The quantitative estimate of drug-likeness (QED) is 0.804. The van der Waals surface area contributed by atoms with Gasteiger partial charge < -0.3 is 14.9 Å². The second-order valence-electron chi connectivity index (χ2n) is 4.49. The van der Waals surface area contributed by atoms with Crippen LogP contribution < -0.4 is 4.90 Å². The summed E-state index contributed by atoms with van der Waals surface area (Å²) < 4.78 is 0. The summed E-state index contributed by atoms with van der Waals surface area (Å²) in [5, 5.41) is 9.45. The highest BCUT2D eigenvalue weighted by Crippen LogP contribution is 2.18. The lowest BCUT2D eigenvalue weighted by Crippen LogP contribution is -2.24. The maximum Gasteiger partial charge on any atom is 0.254 e. The van der Waals surface area contributed by atoms with Gasteiger partial charge in [-0.2, -0.15) is 0 Å². The van der Waals surface area contributed by atoms with Crippen LogP contribution in [-0.2, 0) is 0 Å². The second kappa shape index (κ2) is 4.71. The fraction of sp³-hybridized carbons (Fsp3) is 0.500. The standard InChI is InChI=1S/C12H17N3O2/c1-14(2)12(17)9-3-4-11(13-7-9)15-6-5-10(16)8-15/h3-4,7,10,16H,5-6,8H2,1-2H3/t10-/m0/s1. The fourth-order valence-corrected chi connectivity index (χ4v) is 1.91. The molecule has 17 heavy (non-hydrogen) atoms. The number of amides is 1. The van der Waals surface area contributed by atoms with E-state index in [1.807, 2.05) is 11.0 Å². The molecule has 1 amide bonds. The number of aliphatic hydroxyl groups is 1. The van der Waals surface area contributed by atoms with E-state index in [0.29, 0.717) is 12.1 Å². The number of nitrogens with zero attached hydrogens (tertiary/aromatic N) is 3. The average Bonchev–Trinajstić information content (AvgIpc) is 2.75. The smallest absolute Gasteiger partial charge is 0.254 e. The van der Waals surface area contributed by atoms with Gasteiger partial charge in [0.1, 0.15) is 5.82 Å². The number of carbonyl (C=O) groups is 1. The lowest BCUT2D eigenvalue weighted by atomic mass is 10.2. The number of aromatic nitrogens is 1. The van der Waals surface area contributed by atoms with Crippen molar-refractivity contribution in [3.8, 4) is 0 Å². The predicted molar refractivity (Wildman–Crippen MR) is 65.1 cm³/mol. The Morgan fingerprint density at radius 1 is 1.53 bits per heavy atom. The minimum Gasteiger partial charge on any atom is -0.391 e. The van der Waals surface area contributed by atoms with Crippen molar-refractivity contribution in [2.75, 3.05) is 32.1 Å². The van der Waals surface area contributed by atoms with Gasteiger partial charge in [0.2, 0.25) is 0 Å². The van der Waals surface area contributed by atoms with Crippen LogP contribution in [0.5, 0.6) is 0 Å². The number of hydrogen-bond donors (Lipinski definition) is 1. The van der Waals surface area contributed by atoms with Gasteiger partial charge >= 0.3 is 0 Å². The van der Waals surface area contributed by atoms with Gasteiger partial charge in [0.25, 0.3) is 5.91 Å². The molecule has 1 atom stereocenters. The first kappa shape index (κ1) is 11.9. The van der Waals surface area contributed by atoms with Crippen LogP contribution >= 0.6 is 0 Å². The van der Waals surface area contributed by atoms with Crippen molar-refractivity contribution in [1.82, 2.24) is 9.88 Å². The van der Waals surface area contributed by atoms with E-state index >= 15 is 0 Å². The van der Waals surface area contributed by atoms with Crippen molar-refractivity contribution in [3.63, 3.8) is 0 Å². The maximum absolute atomic E-state index is 11.7. The summed E-state index contributed by atoms with van der Waals surface area (Å²) in [5.41, 5.74) is 0.582. The van der Waals surface area contributed by atoms with Gasteiger partial charge in [0, 0.05) is 33.4 Å². The van der Waals surface area contributed by atoms with E-state index in [4.69, 9.17) is 0 Å². The van der Waals surface area contributed by atoms with Crippen LogP contribution in [0.25, 0.3) is 0 Å². The molecule has 1 fully saturated rings. The van der Waals surface area contributed by atoms with Crippen LogP contribution in [0.15, 0.2) is 18.3 Å². The van der Waals surface area contributed by atoms with E-state index in [-0.39, 0.29) is 12.0 Å². The number of carbonyl (C=O) groups excluding carboxylic acids is 1. The van der Waals surface area contributed by atoms with Gasteiger partial charge in [0.05, 0.1) is 11.7 Å². The van der Waals surface area contributed by atoms with Crippen LogP contribution in [0.2, 0.25) is 0 Å². The molecule has 5 nitrogen and oxygen atoms in total. The van der Waals surface area contributed by atoms with Crippen LogP contribution in [0.4, 0.5) is 5.82 Å². The molecule has 92 valence electrons. The Kier molecular flexibility index (Phi) is 3.28. The van der Waals surface area contributed by atoms with Crippen molar-refractivity contribution in [2.24, 2.45) is 0 Å². The van der Waals surface area contributed by atoms with Crippen LogP contribution in [0, 0.1) is 0 Å². The second-order valence-corrected chi connectivity index (χ2v) is 4.49. The Morgan fingerprint density at radius 3 is 2.76 bits per heavy atom. The molecule has 2 heterocycles. The number of rotatable bonds is 2. The monoisotopic (exact) mass is 235 g/mol. The molecule has 1 N–H and O–H groups in total. The molecule has 2 rings (SSSR count). The van der Waals surface area contributed by atoms with E-state index in [1.54, 1.807) is 26.4 Å². The van der Waals surface area contributed by atoms with E-state index in [0.717, 1.165) is 18.8 Å². The van der Waals surface area contributed by atoms with E-state index in [1.165, 1.54) is 4.90 Å². The summed E-state index contributed by atoms with van der Waals surface area (Å²) >= 11 is 0. The zero-order valence-corrected chi connectivity index (χ0v) is 10.1. The van der Waals surface area contributed by atoms with Crippen LogP contribution in [0.1, 0.15) is 16.8 Å². The molecule has 1 aromatic rings. The Balaban J connectivity index is 2.10. The normalized spacial score (nSPS) is 19.5. The molecule has 0 spiro atoms. The molecule has 1 aliphatic rings. The third kappa shape index (κ3) is 2.55. The number of β-amino-alcohol motifs (C(OH)–C–C–N with tert-alkyl or cyclic N) is 1. The summed E-state index contributed by atoms with van der Waals surface area (Å²) in [7, 11) is 3.43. The lowest BCUT2D eigenvalue weighted by Gasteiger charge is -2.17. The Hall–Kier alpha value is -1.62. The van der Waals surface area contributed by atoms with Crippen molar-refractivity contribution in [1.29, 1.82) is 0 Å². The topological polar surface area (TPSA) is 56.7 Å². The summed E-state index contributed by atoms with van der Waals surface area (Å²) in [6, 6.07) is 3.60. The van der Waals surface area contributed by atoms with Crippen molar-refractivity contribution >= 4 is 11.7 Å². The van der Waals surface area contributed by atoms with Crippen molar-refractivity contribution < 1.29 is 9.90 Å². The highest BCUT2D eigenvalue weighted by Gasteiger charge is 2.21. The zero-order chi connectivity index (χ0) is 12.4. The first-order valence-electron chi connectivity index (χ1n) is 5.68. The SMILES string of the molecule is CN(C)C(=O)c1ccc(N2CC[C@H](O)C2)nc1. The molecule has 0 saturated carbocycles. The highest BCUT2D eigenvalue weighted by molar-refractivity contribution is 5.93. The first-order valence-corrected chi connectivity index (χ1v) is 5.68. The maximum atomic E-state index is 11.7. The number of anilines is 1. The van der Waals surface area contributed by atoms with Gasteiger partial charge in [-0.15, -0.1) is 0 Å². The van der Waals surface area contributed by atoms with Gasteiger partial charge in [-0.1, -0.05) is 0 Å². The summed E-state index contributed by atoms with van der Waals surface area (Å²) in [6.45, 7) is 1.43. The summed E-state index contributed by atoms with van der Waals surface area (Å²) in [4.78, 5) is 19.5. The third-order valence-corrected chi connectivity index (χ3v) is 2.89. The molecule has 0 aromatic carbocycles. The lowest BCUT2D eigenvalue weighted by molar-refractivity contribution is 0.0827. The van der Waals surface area contributed by atoms with Gasteiger partial charge in [-0.25, -0.2) is 4.98 Å². The molecule has 0 aliphatic carbocycles. The van der Waals surface area contributed by atoms with Gasteiger partial charge in [0.15, 0.2) is 0 Å². The average molecular weight is 235 g/mol. The largest absolute Gasteiger partial charge is 0.391 e. The molecule has 1 saturated heterocycles. The molecular weight excluding hydrogens is 218 g/mol. The molecule has 0 bridgehead atoms. The molecule has 0 unspecified atom stereocenters. The fourth-order valence-electron chi connectivity index (χ4n) is 1.91. The van der Waals surface area contributed by atoms with Crippen LogP contribution in [0.3, 0.4) is 0 Å². The first-order chi connectivity index (χ1) is 8.08. The summed E-state index contributed by atoms with van der Waals surface area (Å²) in [6.07, 6.45) is 2.10. The number of pyridine rings is 1. The molecule has 5 heteroatoms. The van der Waals surface area contributed by atoms with E-state index in [9.17, 15) is 9.90 Å². The predicted octanol–water partition coefficient (Wildman–Crippen LogP) is 0.354. The van der Waals surface area contributed by atoms with Gasteiger partial charge in [-0.3, -0.25) is 4.79 Å². The molecule has 0 radical (unpaired) electrons. The minimum atomic E-state index is -0.264. The van der Waals surface area contributed by atoms with E-state index in [2.05, 4.69) is 4.98 Å². The molecule has 1 aromatic heterocycles. The Morgan fingerprint density at radius 2 is 2.29 bits per heavy atom. The highest BCUT2D eigenvalue weighted by atomic mass is 16.3. The van der Waals surface area contributed by atoms with E-state index < -0.39 is 0 Å².